The Hall–Kier alpha value is -4.52. The van der Waals surface area contributed by atoms with E-state index in [1.807, 2.05) is 67.7 Å². The number of aliphatic imine (C=N–C) groups is 1. The van der Waals surface area contributed by atoms with E-state index in [1.165, 1.54) is 5.56 Å². The van der Waals surface area contributed by atoms with E-state index in [4.69, 9.17) is 35.8 Å². The number of carbonyl (C=O) groups is 1. The zero-order valence-corrected chi connectivity index (χ0v) is 22.3. The summed E-state index contributed by atoms with van der Waals surface area (Å²) in [5.74, 6) is -0.192. The average molecular weight is 576 g/mol. The molecule has 0 saturated heterocycles. The molecule has 0 aliphatic carbocycles. The normalized spacial score (nSPS) is 10.8. The number of guanidine groups is 1. The van der Waals surface area contributed by atoms with Gasteiger partial charge in [0.15, 0.2) is 11.1 Å². The molecule has 3 aromatic carbocycles. The summed E-state index contributed by atoms with van der Waals surface area (Å²) in [7, 11) is 2.05. The molecule has 9 nitrogen and oxygen atoms in total. The second-order valence-corrected chi connectivity index (χ2v) is 9.36. The van der Waals surface area contributed by atoms with Crippen LogP contribution < -0.4 is 25.8 Å². The van der Waals surface area contributed by atoms with E-state index >= 15 is 0 Å². The monoisotopic (exact) mass is 575 g/mol. The minimum Gasteiger partial charge on any atom is -0.494 e. The van der Waals surface area contributed by atoms with Crippen LogP contribution in [0.15, 0.2) is 77.8 Å². The first-order valence-corrected chi connectivity index (χ1v) is 12.7. The number of carboxylic acids is 1. The number of halogens is 3. The predicted molar refractivity (Wildman–Crippen MR) is 149 cm³/mol. The van der Waals surface area contributed by atoms with Gasteiger partial charge in [0, 0.05) is 32.6 Å². The molecule has 0 aliphatic rings. The summed E-state index contributed by atoms with van der Waals surface area (Å²) >= 11 is 1.65. The van der Waals surface area contributed by atoms with Crippen molar-refractivity contribution in [1.82, 2.24) is 4.98 Å². The van der Waals surface area contributed by atoms with Crippen molar-refractivity contribution in [3.05, 3.63) is 78.4 Å². The lowest BCUT2D eigenvalue weighted by molar-refractivity contribution is -0.192. The Morgan fingerprint density at radius 1 is 1.02 bits per heavy atom. The number of para-hydroxylation sites is 1. The van der Waals surface area contributed by atoms with Crippen LogP contribution in [0.1, 0.15) is 12.0 Å². The molecule has 0 unspecified atom stereocenters. The number of ether oxygens (including phenoxy) is 2. The molecule has 1 aromatic heterocycles. The van der Waals surface area contributed by atoms with Crippen molar-refractivity contribution in [3.8, 4) is 17.2 Å². The zero-order valence-electron chi connectivity index (χ0n) is 21.5. The molecule has 40 heavy (non-hydrogen) atoms. The van der Waals surface area contributed by atoms with E-state index in [-0.39, 0.29) is 5.96 Å². The van der Waals surface area contributed by atoms with Crippen molar-refractivity contribution in [3.63, 3.8) is 0 Å². The SMILES string of the molecule is CN(Cc1ccc(OCCCN=C(N)N)cc1)c1nc2ccc(Oc3ccccc3)cc2s1.O=C(O)C(F)(F)F. The summed E-state index contributed by atoms with van der Waals surface area (Å²) in [5, 5.41) is 8.09. The number of thiazole rings is 1. The lowest BCUT2D eigenvalue weighted by Gasteiger charge is -2.16. The second-order valence-electron chi connectivity index (χ2n) is 8.35. The third kappa shape index (κ3) is 9.66. The van der Waals surface area contributed by atoms with Crippen LogP contribution in [-0.2, 0) is 11.3 Å². The molecule has 0 aliphatic heterocycles. The van der Waals surface area contributed by atoms with E-state index in [2.05, 4.69) is 22.0 Å². The molecule has 1 heterocycles. The van der Waals surface area contributed by atoms with Crippen molar-refractivity contribution in [2.24, 2.45) is 16.5 Å². The average Bonchev–Trinajstić information content (AvgIpc) is 3.33. The Morgan fingerprint density at radius 3 is 2.30 bits per heavy atom. The predicted octanol–water partition coefficient (Wildman–Crippen LogP) is 5.40. The van der Waals surface area contributed by atoms with E-state index in [1.54, 1.807) is 11.3 Å². The minimum absolute atomic E-state index is 0.109. The molecular formula is C27H28F3N5O4S. The highest BCUT2D eigenvalue weighted by Crippen LogP contribution is 2.33. The highest BCUT2D eigenvalue weighted by molar-refractivity contribution is 7.22. The van der Waals surface area contributed by atoms with Crippen LogP contribution in [0.3, 0.4) is 0 Å². The molecule has 4 rings (SSSR count). The van der Waals surface area contributed by atoms with Gasteiger partial charge in [-0.1, -0.05) is 41.7 Å². The fraction of sp³-hybridized carbons (Fsp3) is 0.222. The summed E-state index contributed by atoms with van der Waals surface area (Å²) < 4.78 is 44.5. The quantitative estimate of drug-likeness (QED) is 0.130. The molecule has 0 atom stereocenters. The van der Waals surface area contributed by atoms with E-state index in [9.17, 15) is 13.2 Å². The Kier molecular flexibility index (Phi) is 10.5. The molecule has 0 spiro atoms. The van der Waals surface area contributed by atoms with Crippen LogP contribution in [0, 0.1) is 0 Å². The third-order valence-electron chi connectivity index (χ3n) is 5.11. The number of aliphatic carboxylic acids is 1. The maximum Gasteiger partial charge on any atom is 0.490 e. The number of benzene rings is 3. The summed E-state index contributed by atoms with van der Waals surface area (Å²) in [4.78, 5) is 19.8. The van der Waals surface area contributed by atoms with Gasteiger partial charge in [-0.05, 0) is 42.0 Å². The number of anilines is 1. The maximum absolute atomic E-state index is 10.6. The fourth-order valence-electron chi connectivity index (χ4n) is 3.24. The van der Waals surface area contributed by atoms with Gasteiger partial charge in [-0.25, -0.2) is 9.78 Å². The van der Waals surface area contributed by atoms with Crippen LogP contribution >= 0.6 is 11.3 Å². The summed E-state index contributed by atoms with van der Waals surface area (Å²) in [6.45, 7) is 1.88. The Bertz CT molecular complexity index is 1410. The second kappa shape index (κ2) is 14.0. The molecule has 212 valence electrons. The topological polar surface area (TPSA) is 136 Å². The molecule has 5 N–H and O–H groups in total. The van der Waals surface area contributed by atoms with Gasteiger partial charge in [0.1, 0.15) is 17.2 Å². The smallest absolute Gasteiger partial charge is 0.490 e. The van der Waals surface area contributed by atoms with E-state index < -0.39 is 12.1 Å². The number of hydrogen-bond donors (Lipinski definition) is 3. The first-order chi connectivity index (χ1) is 19.0. The number of nitrogens with two attached hydrogens (primary N) is 2. The van der Waals surface area contributed by atoms with E-state index in [0.717, 1.165) is 45.6 Å². The highest BCUT2D eigenvalue weighted by atomic mass is 32.1. The van der Waals surface area contributed by atoms with Gasteiger partial charge >= 0.3 is 12.1 Å². The molecule has 4 aromatic rings. The number of carboxylic acid groups (broad SMARTS) is 1. The first kappa shape index (κ1) is 30.0. The largest absolute Gasteiger partial charge is 0.494 e. The Balaban J connectivity index is 0.000000559. The van der Waals surface area contributed by atoms with Crippen molar-refractivity contribution in [2.45, 2.75) is 19.1 Å². The molecule has 0 radical (unpaired) electrons. The standard InChI is InChI=1S/C25H27N5O2S.C2HF3O2/c1-30(17-18-8-10-19(11-9-18)31-15-5-14-28-24(26)27)25-29-22-13-12-21(16-23(22)33-25)32-20-6-3-2-4-7-20;3-2(4,5)1(6)7/h2-4,6-13,16H,5,14-15,17H2,1H3,(H4,26,27,28);(H,6,7). The number of nitrogens with zero attached hydrogens (tertiary/aromatic N) is 3. The maximum atomic E-state index is 10.6. The molecule has 0 saturated carbocycles. The Morgan fingerprint density at radius 2 is 1.68 bits per heavy atom. The van der Waals surface area contributed by atoms with Crippen molar-refractivity contribution in [2.75, 3.05) is 25.1 Å². The van der Waals surface area contributed by atoms with Crippen molar-refractivity contribution in [1.29, 1.82) is 0 Å². The van der Waals surface area contributed by atoms with Gasteiger partial charge < -0.3 is 30.9 Å². The zero-order chi connectivity index (χ0) is 29.1. The lowest BCUT2D eigenvalue weighted by Crippen LogP contribution is -2.23. The van der Waals surface area contributed by atoms with Gasteiger partial charge in [0.25, 0.3) is 0 Å². The van der Waals surface area contributed by atoms with Gasteiger partial charge in [0.05, 0.1) is 16.8 Å². The minimum atomic E-state index is -5.08. The van der Waals surface area contributed by atoms with Crippen LogP contribution in [0.4, 0.5) is 18.3 Å². The third-order valence-corrected chi connectivity index (χ3v) is 6.24. The highest BCUT2D eigenvalue weighted by Gasteiger charge is 2.38. The van der Waals surface area contributed by atoms with Crippen LogP contribution in [0.2, 0.25) is 0 Å². The molecule has 0 bridgehead atoms. The van der Waals surface area contributed by atoms with Crippen LogP contribution in [-0.4, -0.2) is 48.4 Å². The first-order valence-electron chi connectivity index (χ1n) is 11.9. The van der Waals surface area contributed by atoms with Gasteiger partial charge in [-0.15, -0.1) is 0 Å². The van der Waals surface area contributed by atoms with Gasteiger partial charge in [0.2, 0.25) is 0 Å². The summed E-state index contributed by atoms with van der Waals surface area (Å²) in [5.41, 5.74) is 12.8. The van der Waals surface area contributed by atoms with Gasteiger partial charge in [-0.2, -0.15) is 13.2 Å². The summed E-state index contributed by atoms with van der Waals surface area (Å²) in [6, 6.07) is 23.9. The summed E-state index contributed by atoms with van der Waals surface area (Å²) in [6.07, 6.45) is -4.32. The van der Waals surface area contributed by atoms with Crippen molar-refractivity contribution < 1.29 is 32.5 Å². The molecule has 13 heteroatoms. The fourth-order valence-corrected chi connectivity index (χ4v) is 4.19. The number of rotatable bonds is 10. The molecule has 0 fully saturated rings. The van der Waals surface area contributed by atoms with E-state index in [0.29, 0.717) is 13.2 Å². The lowest BCUT2D eigenvalue weighted by atomic mass is 10.2. The number of aromatic nitrogens is 1. The van der Waals surface area contributed by atoms with Crippen LogP contribution in [0.5, 0.6) is 17.2 Å². The number of hydrogen-bond acceptors (Lipinski definition) is 7. The van der Waals surface area contributed by atoms with Crippen LogP contribution in [0.25, 0.3) is 10.2 Å². The molecule has 0 amide bonds. The molecular weight excluding hydrogens is 547 g/mol. The van der Waals surface area contributed by atoms with Crippen molar-refractivity contribution >= 4 is 38.6 Å². The number of alkyl halides is 3. The Labute approximate surface area is 232 Å². The number of fused-ring (bicyclic) bond motifs is 1. The van der Waals surface area contributed by atoms with Gasteiger partial charge in [-0.3, -0.25) is 4.99 Å².